The molecule has 0 saturated carbocycles. The predicted octanol–water partition coefficient (Wildman–Crippen LogP) is 3.21. The summed E-state index contributed by atoms with van der Waals surface area (Å²) in [6, 6.07) is 6.15. The number of morpholine rings is 1. The highest BCUT2D eigenvalue weighted by atomic mass is 19.1. The second-order valence-corrected chi connectivity index (χ2v) is 7.54. The third-order valence-electron chi connectivity index (χ3n) is 5.29. The van der Waals surface area contributed by atoms with E-state index in [1.54, 1.807) is 19.1 Å². The number of esters is 1. The molecule has 1 N–H and O–H groups in total. The number of carbonyl (C=O) groups is 1. The number of benzene rings is 1. The molecule has 0 aliphatic carbocycles. The van der Waals surface area contributed by atoms with Crippen molar-refractivity contribution >= 4 is 28.4 Å². The number of ether oxygens (including phenoxy) is 2. The van der Waals surface area contributed by atoms with Gasteiger partial charge < -0.3 is 19.7 Å². The quantitative estimate of drug-likeness (QED) is 0.580. The third-order valence-corrected chi connectivity index (χ3v) is 5.29. The van der Waals surface area contributed by atoms with Crippen LogP contribution in [0.25, 0.3) is 10.9 Å². The van der Waals surface area contributed by atoms with Gasteiger partial charge in [0, 0.05) is 31.2 Å². The van der Waals surface area contributed by atoms with Gasteiger partial charge in [-0.25, -0.2) is 9.18 Å². The number of aryl methyl sites for hydroxylation is 1. The molecular weight excluding hydrogens is 401 g/mol. The zero-order valence-electron chi connectivity index (χ0n) is 17.7. The van der Waals surface area contributed by atoms with Crippen molar-refractivity contribution in [2.75, 3.05) is 38.7 Å². The first kappa shape index (κ1) is 21.2. The number of hydrogen-bond acceptors (Lipinski definition) is 7. The largest absolute Gasteiger partial charge is 0.462 e. The fourth-order valence-electron chi connectivity index (χ4n) is 3.73. The second-order valence-electron chi connectivity index (χ2n) is 7.54. The van der Waals surface area contributed by atoms with Crippen molar-refractivity contribution in [2.24, 2.45) is 0 Å². The van der Waals surface area contributed by atoms with Crippen LogP contribution in [0.3, 0.4) is 0 Å². The van der Waals surface area contributed by atoms with Gasteiger partial charge >= 0.3 is 5.97 Å². The van der Waals surface area contributed by atoms with E-state index in [2.05, 4.69) is 27.3 Å². The Hall–Kier alpha value is -3.04. The summed E-state index contributed by atoms with van der Waals surface area (Å²) in [4.78, 5) is 18.6. The SMILES string of the molecule is CCOC(=O)c1ccncc1Nc1nn(CCC2CN(C)CCO2)c2ccc(F)cc12. The summed E-state index contributed by atoms with van der Waals surface area (Å²) in [6.45, 7) is 5.16. The number of rotatable bonds is 7. The molecular formula is C22H26FN5O3. The van der Waals surface area contributed by atoms with Gasteiger partial charge in [-0.2, -0.15) is 5.10 Å². The summed E-state index contributed by atoms with van der Waals surface area (Å²) in [5.41, 5.74) is 1.60. The van der Waals surface area contributed by atoms with Gasteiger partial charge in [-0.15, -0.1) is 0 Å². The lowest BCUT2D eigenvalue weighted by Crippen LogP contribution is -2.40. The molecule has 1 aliphatic rings. The van der Waals surface area contributed by atoms with Crippen LogP contribution in [0.4, 0.5) is 15.9 Å². The average Bonchev–Trinajstić information content (AvgIpc) is 3.09. The molecule has 8 nitrogen and oxygen atoms in total. The van der Waals surface area contributed by atoms with Crippen LogP contribution in [0.15, 0.2) is 36.7 Å². The van der Waals surface area contributed by atoms with E-state index in [1.807, 2.05) is 4.68 Å². The van der Waals surface area contributed by atoms with Gasteiger partial charge in [0.05, 0.1) is 42.3 Å². The first-order chi connectivity index (χ1) is 15.0. The topological polar surface area (TPSA) is 81.5 Å². The fourth-order valence-corrected chi connectivity index (χ4v) is 3.73. The van der Waals surface area contributed by atoms with Crippen LogP contribution in [0.5, 0.6) is 0 Å². The van der Waals surface area contributed by atoms with Crippen molar-refractivity contribution in [3.63, 3.8) is 0 Å². The molecule has 2 aromatic heterocycles. The normalized spacial score (nSPS) is 17.1. The molecule has 9 heteroatoms. The maximum Gasteiger partial charge on any atom is 0.340 e. The Balaban J connectivity index is 1.61. The van der Waals surface area contributed by atoms with Crippen LogP contribution in [0.1, 0.15) is 23.7 Å². The van der Waals surface area contributed by atoms with Crippen molar-refractivity contribution in [1.29, 1.82) is 0 Å². The molecule has 1 aromatic carbocycles. The van der Waals surface area contributed by atoms with Crippen molar-refractivity contribution in [1.82, 2.24) is 19.7 Å². The molecule has 4 rings (SSSR count). The van der Waals surface area contributed by atoms with Gasteiger partial charge in [-0.05, 0) is 44.7 Å². The van der Waals surface area contributed by atoms with Crippen LogP contribution < -0.4 is 5.32 Å². The Morgan fingerprint density at radius 2 is 2.26 bits per heavy atom. The lowest BCUT2D eigenvalue weighted by molar-refractivity contribution is -0.0253. The van der Waals surface area contributed by atoms with E-state index in [1.165, 1.54) is 24.5 Å². The zero-order valence-corrected chi connectivity index (χ0v) is 17.7. The lowest BCUT2D eigenvalue weighted by Gasteiger charge is -2.30. The molecule has 1 aliphatic heterocycles. The molecule has 3 aromatic rings. The molecule has 1 saturated heterocycles. The molecule has 0 amide bonds. The fraction of sp³-hybridized carbons (Fsp3) is 0.409. The number of pyridine rings is 1. The second kappa shape index (κ2) is 9.40. The minimum atomic E-state index is -0.458. The van der Waals surface area contributed by atoms with Gasteiger partial charge in [0.25, 0.3) is 0 Å². The number of halogens is 1. The smallest absolute Gasteiger partial charge is 0.340 e. The van der Waals surface area contributed by atoms with E-state index < -0.39 is 5.97 Å². The number of hydrogen-bond donors (Lipinski definition) is 1. The number of likely N-dealkylation sites (N-methyl/N-ethyl adjacent to an activating group) is 1. The van der Waals surface area contributed by atoms with Crippen LogP contribution >= 0.6 is 0 Å². The highest BCUT2D eigenvalue weighted by Crippen LogP contribution is 2.28. The van der Waals surface area contributed by atoms with Gasteiger partial charge in [0.15, 0.2) is 5.82 Å². The summed E-state index contributed by atoms with van der Waals surface area (Å²) in [6.07, 6.45) is 3.97. The predicted molar refractivity (Wildman–Crippen MR) is 115 cm³/mol. The van der Waals surface area contributed by atoms with Gasteiger partial charge in [0.2, 0.25) is 0 Å². The average molecular weight is 427 g/mol. The Bertz CT molecular complexity index is 1070. The first-order valence-corrected chi connectivity index (χ1v) is 10.4. The molecule has 164 valence electrons. The molecule has 31 heavy (non-hydrogen) atoms. The molecule has 1 fully saturated rings. The van der Waals surface area contributed by atoms with Crippen LogP contribution in [0, 0.1) is 5.82 Å². The number of anilines is 2. The van der Waals surface area contributed by atoms with Crippen molar-refractivity contribution < 1.29 is 18.7 Å². The maximum atomic E-state index is 14.0. The lowest BCUT2D eigenvalue weighted by atomic mass is 10.2. The van der Waals surface area contributed by atoms with Crippen LogP contribution in [0.2, 0.25) is 0 Å². The van der Waals surface area contributed by atoms with E-state index in [9.17, 15) is 9.18 Å². The minimum Gasteiger partial charge on any atom is -0.462 e. The Kier molecular flexibility index (Phi) is 6.43. The summed E-state index contributed by atoms with van der Waals surface area (Å²) < 4.78 is 26.8. The highest BCUT2D eigenvalue weighted by Gasteiger charge is 2.20. The molecule has 0 spiro atoms. The Morgan fingerprint density at radius 3 is 3.06 bits per heavy atom. The van der Waals surface area contributed by atoms with Gasteiger partial charge in [0.1, 0.15) is 5.82 Å². The maximum absolute atomic E-state index is 14.0. The van der Waals surface area contributed by atoms with Crippen molar-refractivity contribution in [3.05, 3.63) is 48.0 Å². The monoisotopic (exact) mass is 427 g/mol. The minimum absolute atomic E-state index is 0.128. The molecule has 1 atom stereocenters. The first-order valence-electron chi connectivity index (χ1n) is 10.4. The number of aromatic nitrogens is 3. The standard InChI is InChI=1S/C22H26FN5O3/c1-3-30-22(29)17-6-8-24-13-19(17)25-21-18-12-15(23)4-5-20(18)28(26-21)9-7-16-14-27(2)10-11-31-16/h4-6,8,12-13,16H,3,7,9-11,14H2,1-2H3,(H,25,26). The summed E-state index contributed by atoms with van der Waals surface area (Å²) in [7, 11) is 2.08. The Labute approximate surface area is 180 Å². The van der Waals surface area contributed by atoms with Crippen molar-refractivity contribution in [2.45, 2.75) is 26.0 Å². The Morgan fingerprint density at radius 1 is 1.39 bits per heavy atom. The highest BCUT2D eigenvalue weighted by molar-refractivity contribution is 5.98. The molecule has 1 unspecified atom stereocenters. The molecule has 0 bridgehead atoms. The third kappa shape index (κ3) is 4.83. The van der Waals surface area contributed by atoms with Gasteiger partial charge in [-0.1, -0.05) is 0 Å². The zero-order chi connectivity index (χ0) is 21.8. The summed E-state index contributed by atoms with van der Waals surface area (Å²) in [5, 5.41) is 8.44. The number of nitrogens with zero attached hydrogens (tertiary/aromatic N) is 4. The molecule has 3 heterocycles. The number of fused-ring (bicyclic) bond motifs is 1. The van der Waals surface area contributed by atoms with Crippen molar-refractivity contribution in [3.8, 4) is 0 Å². The van der Waals surface area contributed by atoms with Gasteiger partial charge in [-0.3, -0.25) is 9.67 Å². The summed E-state index contributed by atoms with van der Waals surface area (Å²) in [5.74, 6) is -0.361. The number of carbonyl (C=O) groups excluding carboxylic acids is 1. The van der Waals surface area contributed by atoms with E-state index in [0.29, 0.717) is 29.0 Å². The van der Waals surface area contributed by atoms with Crippen LogP contribution in [-0.2, 0) is 16.0 Å². The summed E-state index contributed by atoms with van der Waals surface area (Å²) >= 11 is 0. The number of nitrogens with one attached hydrogen (secondary N) is 1. The van der Waals surface area contributed by atoms with E-state index in [0.717, 1.165) is 31.6 Å². The van der Waals surface area contributed by atoms with E-state index >= 15 is 0 Å². The van der Waals surface area contributed by atoms with E-state index in [-0.39, 0.29) is 18.5 Å². The van der Waals surface area contributed by atoms with E-state index in [4.69, 9.17) is 9.47 Å². The van der Waals surface area contributed by atoms with Crippen LogP contribution in [-0.4, -0.2) is 65.1 Å². The molecule has 0 radical (unpaired) electrons.